The molecule has 38 heavy (non-hydrogen) atoms. The molecule has 0 spiro atoms. The van der Waals surface area contributed by atoms with Gasteiger partial charge in [-0.05, 0) is 73.8 Å². The van der Waals surface area contributed by atoms with Crippen molar-refractivity contribution in [3.8, 4) is 0 Å². The number of halogens is 1. The number of aromatic nitrogens is 1. The van der Waals surface area contributed by atoms with Crippen LogP contribution in [0.4, 0.5) is 5.69 Å². The standard InChI is InChI=1S/C34H39ClN3/c1-4-19-36-20-10-11-21-38-32-17-16-28(35)24-30(32)34(2,3)33(38)23-27-18-22-37(25-26-12-6-5-7-13-26)31-15-9-8-14-29(27)31/h5-9,12-18,22-24,36H,4,10-11,19-21,25H2,1-3H3/q+1. The van der Waals surface area contributed by atoms with Crippen molar-refractivity contribution in [2.45, 2.75) is 52.0 Å². The number of nitrogens with zero attached hydrogens (tertiary/aromatic N) is 2. The van der Waals surface area contributed by atoms with Gasteiger partial charge in [-0.2, -0.15) is 4.57 Å². The molecule has 4 aromatic rings. The van der Waals surface area contributed by atoms with Crippen LogP contribution in [0.5, 0.6) is 0 Å². The van der Waals surface area contributed by atoms with Gasteiger partial charge in [0.15, 0.2) is 12.7 Å². The molecule has 1 aliphatic heterocycles. The Labute approximate surface area is 232 Å². The summed E-state index contributed by atoms with van der Waals surface area (Å²) in [6.45, 7) is 10.9. The van der Waals surface area contributed by atoms with Gasteiger partial charge in [-0.1, -0.05) is 74.8 Å². The summed E-state index contributed by atoms with van der Waals surface area (Å²) in [5.41, 5.74) is 7.58. The van der Waals surface area contributed by atoms with Gasteiger partial charge in [0.25, 0.3) is 0 Å². The van der Waals surface area contributed by atoms with E-state index in [1.54, 1.807) is 0 Å². The van der Waals surface area contributed by atoms with Crippen LogP contribution in [0.1, 0.15) is 56.7 Å². The highest BCUT2D eigenvalue weighted by molar-refractivity contribution is 6.30. The summed E-state index contributed by atoms with van der Waals surface area (Å²) in [5.74, 6) is 0. The summed E-state index contributed by atoms with van der Waals surface area (Å²) >= 11 is 6.49. The van der Waals surface area contributed by atoms with Gasteiger partial charge in [-0.15, -0.1) is 0 Å². The molecule has 0 radical (unpaired) electrons. The van der Waals surface area contributed by atoms with Crippen LogP contribution in [-0.2, 0) is 12.0 Å². The first-order valence-corrected chi connectivity index (χ1v) is 14.3. The van der Waals surface area contributed by atoms with Crippen molar-refractivity contribution in [3.63, 3.8) is 0 Å². The summed E-state index contributed by atoms with van der Waals surface area (Å²) in [7, 11) is 0. The molecule has 0 saturated carbocycles. The van der Waals surface area contributed by atoms with Gasteiger partial charge in [0.1, 0.15) is 0 Å². The Hall–Kier alpha value is -3.14. The van der Waals surface area contributed by atoms with Gasteiger partial charge >= 0.3 is 0 Å². The molecule has 1 aliphatic rings. The number of pyridine rings is 1. The van der Waals surface area contributed by atoms with Crippen molar-refractivity contribution in [2.75, 3.05) is 24.5 Å². The molecule has 0 aliphatic carbocycles. The number of benzene rings is 3. The molecule has 0 fully saturated rings. The number of allylic oxidation sites excluding steroid dienone is 1. The molecule has 4 heteroatoms. The van der Waals surface area contributed by atoms with Crippen molar-refractivity contribution in [1.29, 1.82) is 0 Å². The van der Waals surface area contributed by atoms with Crippen LogP contribution in [0.3, 0.4) is 0 Å². The zero-order valence-electron chi connectivity index (χ0n) is 22.9. The number of unbranched alkanes of at least 4 members (excludes halogenated alkanes) is 1. The minimum absolute atomic E-state index is 0.141. The van der Waals surface area contributed by atoms with Crippen LogP contribution >= 0.6 is 11.6 Å². The van der Waals surface area contributed by atoms with E-state index in [0.29, 0.717) is 0 Å². The summed E-state index contributed by atoms with van der Waals surface area (Å²) in [4.78, 5) is 2.53. The van der Waals surface area contributed by atoms with Gasteiger partial charge in [0.2, 0.25) is 5.52 Å². The summed E-state index contributed by atoms with van der Waals surface area (Å²) < 4.78 is 2.35. The van der Waals surface area contributed by atoms with Crippen LogP contribution in [0.25, 0.3) is 17.0 Å². The molecular formula is C34H39ClN3+. The predicted octanol–water partition coefficient (Wildman–Crippen LogP) is 7.75. The molecule has 3 nitrogen and oxygen atoms in total. The Morgan fingerprint density at radius 1 is 0.921 bits per heavy atom. The average molecular weight is 525 g/mol. The summed E-state index contributed by atoms with van der Waals surface area (Å²) in [6, 6.07) is 28.1. The lowest BCUT2D eigenvalue weighted by Gasteiger charge is -2.27. The Morgan fingerprint density at radius 2 is 1.71 bits per heavy atom. The van der Waals surface area contributed by atoms with E-state index in [4.69, 9.17) is 11.6 Å². The van der Waals surface area contributed by atoms with Gasteiger partial charge in [-0.25, -0.2) is 0 Å². The minimum atomic E-state index is -0.141. The molecule has 1 N–H and O–H groups in total. The highest BCUT2D eigenvalue weighted by Crippen LogP contribution is 2.49. The SMILES string of the molecule is CCCNCCCCN1C(=Cc2cc[n+](Cc3ccccc3)c3ccccc23)C(C)(C)c2cc(Cl)ccc21. The normalized spacial score (nSPS) is 15.4. The van der Waals surface area contributed by atoms with Crippen molar-refractivity contribution < 1.29 is 4.57 Å². The number of hydrogen-bond acceptors (Lipinski definition) is 2. The van der Waals surface area contributed by atoms with Gasteiger partial charge in [0, 0.05) is 46.1 Å². The van der Waals surface area contributed by atoms with E-state index in [0.717, 1.165) is 37.6 Å². The van der Waals surface area contributed by atoms with E-state index in [2.05, 4.69) is 121 Å². The fraction of sp³-hybridized carbons (Fsp3) is 0.324. The lowest BCUT2D eigenvalue weighted by Crippen LogP contribution is -2.35. The second-order valence-electron chi connectivity index (χ2n) is 10.8. The highest BCUT2D eigenvalue weighted by atomic mass is 35.5. The smallest absolute Gasteiger partial charge is 0.213 e. The molecule has 1 aromatic heterocycles. The summed E-state index contributed by atoms with van der Waals surface area (Å²) in [6.07, 6.45) is 8.13. The molecule has 0 amide bonds. The average Bonchev–Trinajstić information content (AvgIpc) is 3.13. The maximum absolute atomic E-state index is 6.49. The van der Waals surface area contributed by atoms with E-state index in [-0.39, 0.29) is 5.41 Å². The molecule has 2 heterocycles. The van der Waals surface area contributed by atoms with Crippen LogP contribution in [0.15, 0.2) is 90.8 Å². The first-order chi connectivity index (χ1) is 18.5. The molecule has 5 rings (SSSR count). The molecule has 0 atom stereocenters. The van der Waals surface area contributed by atoms with Crippen LogP contribution in [0, 0.1) is 0 Å². The Morgan fingerprint density at radius 3 is 2.53 bits per heavy atom. The van der Waals surface area contributed by atoms with Gasteiger partial charge < -0.3 is 10.2 Å². The molecule has 0 bridgehead atoms. The monoisotopic (exact) mass is 524 g/mol. The number of fused-ring (bicyclic) bond motifs is 2. The number of para-hydroxylation sites is 1. The quantitative estimate of drug-likeness (QED) is 0.169. The van der Waals surface area contributed by atoms with Gasteiger partial charge in [-0.3, -0.25) is 0 Å². The zero-order chi connectivity index (χ0) is 26.5. The number of rotatable bonds is 10. The van der Waals surface area contributed by atoms with Crippen molar-refractivity contribution >= 4 is 34.3 Å². The summed E-state index contributed by atoms with van der Waals surface area (Å²) in [5, 5.41) is 5.61. The fourth-order valence-corrected chi connectivity index (χ4v) is 5.84. The van der Waals surface area contributed by atoms with E-state index < -0.39 is 0 Å². The third-order valence-electron chi connectivity index (χ3n) is 7.71. The third-order valence-corrected chi connectivity index (χ3v) is 7.95. The molecule has 196 valence electrons. The predicted molar refractivity (Wildman–Crippen MR) is 162 cm³/mol. The lowest BCUT2D eigenvalue weighted by atomic mass is 9.83. The number of anilines is 1. The van der Waals surface area contributed by atoms with Gasteiger partial charge in [0.05, 0.1) is 5.39 Å². The largest absolute Gasteiger partial charge is 0.344 e. The third kappa shape index (κ3) is 5.50. The Kier molecular flexibility index (Phi) is 8.16. The molecule has 0 unspecified atom stereocenters. The minimum Gasteiger partial charge on any atom is -0.344 e. The second kappa shape index (κ2) is 11.7. The van der Waals surface area contributed by atoms with E-state index in [1.807, 2.05) is 6.07 Å². The van der Waals surface area contributed by atoms with E-state index in [1.165, 1.54) is 51.8 Å². The maximum atomic E-state index is 6.49. The second-order valence-corrected chi connectivity index (χ2v) is 11.3. The molecule has 0 saturated heterocycles. The Bertz CT molecular complexity index is 1420. The zero-order valence-corrected chi connectivity index (χ0v) is 23.6. The topological polar surface area (TPSA) is 19.1 Å². The first kappa shape index (κ1) is 26.5. The van der Waals surface area contributed by atoms with E-state index >= 15 is 0 Å². The van der Waals surface area contributed by atoms with Crippen LogP contribution < -0.4 is 14.8 Å². The number of nitrogens with one attached hydrogen (secondary N) is 1. The van der Waals surface area contributed by atoms with Crippen LogP contribution in [0.2, 0.25) is 5.02 Å². The van der Waals surface area contributed by atoms with Crippen molar-refractivity contribution in [3.05, 3.63) is 112 Å². The van der Waals surface area contributed by atoms with Crippen molar-refractivity contribution in [1.82, 2.24) is 5.32 Å². The van der Waals surface area contributed by atoms with Crippen molar-refractivity contribution in [2.24, 2.45) is 0 Å². The first-order valence-electron chi connectivity index (χ1n) is 13.9. The molecular weight excluding hydrogens is 486 g/mol. The Balaban J connectivity index is 1.52. The fourth-order valence-electron chi connectivity index (χ4n) is 5.67. The van der Waals surface area contributed by atoms with Crippen LogP contribution in [-0.4, -0.2) is 19.6 Å². The highest BCUT2D eigenvalue weighted by Gasteiger charge is 2.40. The lowest BCUT2D eigenvalue weighted by molar-refractivity contribution is -0.662. The van der Waals surface area contributed by atoms with E-state index in [9.17, 15) is 0 Å². The number of hydrogen-bond donors (Lipinski definition) is 1. The maximum Gasteiger partial charge on any atom is 0.213 e. The molecule has 3 aromatic carbocycles.